The molecule has 2 aromatic rings. The Labute approximate surface area is 146 Å². The van der Waals surface area contributed by atoms with Crippen molar-refractivity contribution in [1.29, 1.82) is 0 Å². The van der Waals surface area contributed by atoms with E-state index in [-0.39, 0.29) is 12.1 Å². The first-order valence-electron chi connectivity index (χ1n) is 7.34. The van der Waals surface area contributed by atoms with Crippen LogP contribution in [0.4, 0.5) is 28.9 Å². The number of rotatable bonds is 5. The van der Waals surface area contributed by atoms with Gasteiger partial charge in [-0.1, -0.05) is 12.1 Å². The highest BCUT2D eigenvalue weighted by Crippen LogP contribution is 2.26. The van der Waals surface area contributed by atoms with Crippen molar-refractivity contribution in [2.24, 2.45) is 5.84 Å². The predicted molar refractivity (Wildman–Crippen MR) is 85.8 cm³/mol. The zero-order valence-electron chi connectivity index (χ0n) is 13.7. The molecule has 0 bridgehead atoms. The van der Waals surface area contributed by atoms with E-state index in [4.69, 9.17) is 5.84 Å². The first-order valence-corrected chi connectivity index (χ1v) is 7.34. The number of benzene rings is 2. The summed E-state index contributed by atoms with van der Waals surface area (Å²) in [5, 5.41) is 3.91. The molecular formula is C16H17F4N4O2+. The second-order valence-electron chi connectivity index (χ2n) is 5.41. The highest BCUT2D eigenvalue weighted by molar-refractivity contribution is 5.94. The molecule has 0 aliphatic rings. The molecule has 0 aromatic heterocycles. The third kappa shape index (κ3) is 4.83. The molecule has 0 saturated heterocycles. The number of carbonyl (C=O) groups excluding carboxylic acids is 1. The molecule has 6 N–H and O–H groups in total. The summed E-state index contributed by atoms with van der Waals surface area (Å²) in [6, 6.07) is 7.66. The van der Waals surface area contributed by atoms with Gasteiger partial charge in [0.1, 0.15) is 5.69 Å². The molecule has 2 aromatic carbocycles. The molecule has 0 spiro atoms. The van der Waals surface area contributed by atoms with Crippen LogP contribution in [0.25, 0.3) is 0 Å². The van der Waals surface area contributed by atoms with Crippen molar-refractivity contribution < 1.29 is 32.8 Å². The van der Waals surface area contributed by atoms with Crippen LogP contribution in [0.1, 0.15) is 15.9 Å². The van der Waals surface area contributed by atoms with Crippen molar-refractivity contribution in [3.63, 3.8) is 0 Å². The first-order chi connectivity index (χ1) is 12.1. The Kier molecular flexibility index (Phi) is 5.68. The van der Waals surface area contributed by atoms with Gasteiger partial charge in [0.05, 0.1) is 0 Å². The fourth-order valence-electron chi connectivity index (χ4n) is 2.37. The Morgan fingerprint density at radius 1 is 1.31 bits per heavy atom. The number of quaternary nitrogens is 1. The van der Waals surface area contributed by atoms with Crippen molar-refractivity contribution >= 4 is 17.3 Å². The molecule has 1 amide bonds. The lowest BCUT2D eigenvalue weighted by molar-refractivity contribution is -0.275. The lowest BCUT2D eigenvalue weighted by Crippen LogP contribution is -2.43. The van der Waals surface area contributed by atoms with Gasteiger partial charge in [-0.05, 0) is 18.2 Å². The Balaban J connectivity index is 2.12. The van der Waals surface area contributed by atoms with Gasteiger partial charge < -0.3 is 20.8 Å². The second kappa shape index (κ2) is 7.58. The summed E-state index contributed by atoms with van der Waals surface area (Å²) in [7, 11) is 1.62. The van der Waals surface area contributed by atoms with E-state index in [1.807, 2.05) is 0 Å². The number of ether oxygens (including phenoxy) is 1. The number of nitrogens with two attached hydrogens (primary N) is 1. The van der Waals surface area contributed by atoms with Crippen molar-refractivity contribution in [2.45, 2.75) is 12.9 Å². The summed E-state index contributed by atoms with van der Waals surface area (Å²) < 4.78 is 53.6. The summed E-state index contributed by atoms with van der Waals surface area (Å²) in [5.74, 6) is 2.78. The van der Waals surface area contributed by atoms with Gasteiger partial charge in [-0.3, -0.25) is 4.79 Å². The second-order valence-corrected chi connectivity index (χ2v) is 5.41. The number of amides is 1. The monoisotopic (exact) mass is 373 g/mol. The van der Waals surface area contributed by atoms with Crippen LogP contribution in [0.15, 0.2) is 36.4 Å². The van der Waals surface area contributed by atoms with Gasteiger partial charge in [-0.15, -0.1) is 13.2 Å². The third-order valence-electron chi connectivity index (χ3n) is 3.42. The highest BCUT2D eigenvalue weighted by atomic mass is 19.4. The van der Waals surface area contributed by atoms with E-state index in [0.29, 0.717) is 23.0 Å². The van der Waals surface area contributed by atoms with Gasteiger partial charge in [0.25, 0.3) is 5.91 Å². The molecule has 140 valence electrons. The Morgan fingerprint density at radius 2 is 2.00 bits per heavy atom. The topological polar surface area (TPSA) is 95.2 Å². The number of nitrogens with zero attached hydrogens (tertiary/aromatic N) is 1. The van der Waals surface area contributed by atoms with E-state index in [1.165, 1.54) is 5.01 Å². The summed E-state index contributed by atoms with van der Waals surface area (Å²) in [6.07, 6.45) is -5.02. The molecule has 26 heavy (non-hydrogen) atoms. The molecule has 6 nitrogen and oxygen atoms in total. The minimum absolute atomic E-state index is 0.0709. The van der Waals surface area contributed by atoms with Gasteiger partial charge >= 0.3 is 6.36 Å². The molecule has 0 aliphatic heterocycles. The summed E-state index contributed by atoms with van der Waals surface area (Å²) in [6.45, 7) is 0.0709. The fraction of sp³-hybridized carbons (Fsp3) is 0.188. The van der Waals surface area contributed by atoms with Crippen LogP contribution >= 0.6 is 0 Å². The summed E-state index contributed by atoms with van der Waals surface area (Å²) >= 11 is 0. The van der Waals surface area contributed by atoms with Gasteiger partial charge in [-0.2, -0.15) is 0 Å². The standard InChI is InChI=1S/C16H16F4N4O2/c1-24(22)14-10(3-2-4-12(14)21)8-23-15(25)9-5-6-13(11(17)7-9)26-16(18,19)20/h2-7H,8,21-22H2,1H3,(H,23,25)/p+1. The number of hydrazine groups is 1. The van der Waals surface area contributed by atoms with Gasteiger partial charge in [0, 0.05) is 30.8 Å². The molecule has 0 aliphatic carbocycles. The Hall–Kier alpha value is -2.85. The number of para-hydroxylation sites is 1. The molecule has 0 atom stereocenters. The number of halogens is 4. The molecule has 0 radical (unpaired) electrons. The maximum Gasteiger partial charge on any atom is 0.573 e. The van der Waals surface area contributed by atoms with E-state index in [2.05, 4.69) is 15.8 Å². The maximum atomic E-state index is 13.7. The van der Waals surface area contributed by atoms with Crippen LogP contribution in [0.2, 0.25) is 0 Å². The predicted octanol–water partition coefficient (Wildman–Crippen LogP) is 1.84. The molecule has 0 saturated carbocycles. The first kappa shape index (κ1) is 19.5. The number of hydrogen-bond donors (Lipinski definition) is 3. The fourth-order valence-corrected chi connectivity index (χ4v) is 2.37. The Morgan fingerprint density at radius 3 is 2.58 bits per heavy atom. The van der Waals surface area contributed by atoms with Crippen LogP contribution < -0.4 is 26.6 Å². The van der Waals surface area contributed by atoms with Crippen molar-refractivity contribution in [2.75, 3.05) is 12.1 Å². The van der Waals surface area contributed by atoms with Gasteiger partial charge in [-0.25, -0.2) is 10.2 Å². The third-order valence-corrected chi connectivity index (χ3v) is 3.42. The smallest absolute Gasteiger partial charge is 0.403 e. The Bertz CT molecular complexity index is 809. The minimum atomic E-state index is -5.02. The minimum Gasteiger partial charge on any atom is -0.403 e. The van der Waals surface area contributed by atoms with E-state index < -0.39 is 23.8 Å². The van der Waals surface area contributed by atoms with Gasteiger partial charge in [0.15, 0.2) is 17.3 Å². The highest BCUT2D eigenvalue weighted by Gasteiger charge is 2.32. The largest absolute Gasteiger partial charge is 0.573 e. The van der Waals surface area contributed by atoms with Crippen LogP contribution in [0.3, 0.4) is 0 Å². The van der Waals surface area contributed by atoms with Crippen molar-refractivity contribution in [1.82, 2.24) is 5.32 Å². The SMILES string of the molecule is CN(N)c1c([NH3+])cccc1CNC(=O)c1ccc(OC(F)(F)F)c(F)c1. The molecule has 0 fully saturated rings. The molecular weight excluding hydrogens is 356 g/mol. The summed E-state index contributed by atoms with van der Waals surface area (Å²) in [5.41, 5.74) is 5.65. The average Bonchev–Trinajstić information content (AvgIpc) is 2.52. The lowest BCUT2D eigenvalue weighted by atomic mass is 10.1. The number of alkyl halides is 3. The van der Waals surface area contributed by atoms with Crippen LogP contribution in [-0.2, 0) is 6.54 Å². The lowest BCUT2D eigenvalue weighted by Gasteiger charge is -2.17. The quantitative estimate of drug-likeness (QED) is 0.423. The maximum absolute atomic E-state index is 13.7. The number of carbonyl (C=O) groups is 1. The van der Waals surface area contributed by atoms with Crippen molar-refractivity contribution in [3.05, 3.63) is 53.3 Å². The zero-order valence-corrected chi connectivity index (χ0v) is 13.7. The number of nitrogens with one attached hydrogen (secondary N) is 1. The van der Waals surface area contributed by atoms with Gasteiger partial charge in [0.2, 0.25) is 0 Å². The van der Waals surface area contributed by atoms with E-state index >= 15 is 0 Å². The zero-order chi connectivity index (χ0) is 19.5. The number of anilines is 1. The van der Waals surface area contributed by atoms with E-state index in [9.17, 15) is 22.4 Å². The van der Waals surface area contributed by atoms with E-state index in [0.717, 1.165) is 12.1 Å². The van der Waals surface area contributed by atoms with Crippen LogP contribution in [0.5, 0.6) is 5.75 Å². The molecule has 0 heterocycles. The van der Waals surface area contributed by atoms with Crippen LogP contribution in [0, 0.1) is 5.82 Å². The molecule has 2 rings (SSSR count). The van der Waals surface area contributed by atoms with Crippen LogP contribution in [-0.4, -0.2) is 19.3 Å². The summed E-state index contributed by atoms with van der Waals surface area (Å²) in [4.78, 5) is 12.1. The number of hydrogen-bond acceptors (Lipinski definition) is 4. The molecule has 10 heteroatoms. The normalized spacial score (nSPS) is 11.2. The van der Waals surface area contributed by atoms with Crippen molar-refractivity contribution in [3.8, 4) is 5.75 Å². The average molecular weight is 373 g/mol. The molecule has 0 unspecified atom stereocenters. The van der Waals surface area contributed by atoms with E-state index in [1.54, 1.807) is 25.2 Å².